The Morgan fingerprint density at radius 3 is 2.59 bits per heavy atom. The van der Waals surface area contributed by atoms with E-state index < -0.39 is 0 Å². The standard InChI is InChI=1S/C31H36N6O2/c1-22(38)33-15-17-37-28-9-3-2-7-25(28)18-29(37)26-8-5-16-36(21-26)30(39)10-4-6-23-11-13-24(14-12-23)27-19-34-31(32)35-20-27/h2-3,7,9,11-14,18-20,26H,4-6,8,10,15-17,21H2,1H3,(H,33,38)(H2,32,34,35). The summed E-state index contributed by atoms with van der Waals surface area (Å²) in [5.74, 6) is 0.771. The Balaban J connectivity index is 1.18. The first-order chi connectivity index (χ1) is 19.0. The number of nitrogens with two attached hydrogens (primary N) is 1. The SMILES string of the molecule is CC(=O)NCCn1c(C2CCCN(C(=O)CCCc3ccc(-c4cnc(N)nc4)cc3)C2)cc2ccccc21. The van der Waals surface area contributed by atoms with Crippen molar-refractivity contribution < 1.29 is 9.59 Å². The number of anilines is 1. The molecule has 0 saturated carbocycles. The van der Waals surface area contributed by atoms with Gasteiger partial charge in [0.05, 0.1) is 0 Å². The summed E-state index contributed by atoms with van der Waals surface area (Å²) in [6.07, 6.45) is 7.74. The molecule has 1 aliphatic heterocycles. The Bertz CT molecular complexity index is 1430. The Morgan fingerprint density at radius 1 is 1.05 bits per heavy atom. The largest absolute Gasteiger partial charge is 0.368 e. The predicted octanol–water partition coefficient (Wildman–Crippen LogP) is 4.55. The second kappa shape index (κ2) is 12.1. The van der Waals surface area contributed by atoms with Gasteiger partial charge >= 0.3 is 0 Å². The maximum absolute atomic E-state index is 13.2. The van der Waals surface area contributed by atoms with Crippen LogP contribution in [0.1, 0.15) is 49.8 Å². The van der Waals surface area contributed by atoms with Crippen molar-refractivity contribution in [3.63, 3.8) is 0 Å². The molecule has 8 heteroatoms. The molecule has 4 aromatic rings. The minimum Gasteiger partial charge on any atom is -0.368 e. The molecular formula is C31H36N6O2. The quantitative estimate of drug-likeness (QED) is 0.334. The van der Waals surface area contributed by atoms with E-state index in [0.717, 1.165) is 56.4 Å². The lowest BCUT2D eigenvalue weighted by Crippen LogP contribution is -2.39. The van der Waals surface area contributed by atoms with Crippen LogP contribution in [0.2, 0.25) is 0 Å². The molecular weight excluding hydrogens is 488 g/mol. The Kier molecular flexibility index (Phi) is 8.20. The van der Waals surface area contributed by atoms with Crippen LogP contribution in [0.4, 0.5) is 5.95 Å². The number of nitrogens with one attached hydrogen (secondary N) is 1. The number of aryl methyl sites for hydroxylation is 1. The van der Waals surface area contributed by atoms with Gasteiger partial charge in [-0.05, 0) is 54.3 Å². The number of fused-ring (bicyclic) bond motifs is 1. The number of carbonyl (C=O) groups is 2. The van der Waals surface area contributed by atoms with E-state index in [1.807, 2.05) is 4.90 Å². The molecule has 202 valence electrons. The lowest BCUT2D eigenvalue weighted by Gasteiger charge is -2.33. The molecule has 3 N–H and O–H groups in total. The van der Waals surface area contributed by atoms with Gasteiger partial charge in [0, 0.05) is 74.6 Å². The van der Waals surface area contributed by atoms with Gasteiger partial charge in [-0.2, -0.15) is 0 Å². The van der Waals surface area contributed by atoms with E-state index in [0.29, 0.717) is 13.0 Å². The molecule has 39 heavy (non-hydrogen) atoms. The fourth-order valence-corrected chi connectivity index (χ4v) is 5.56. The Labute approximate surface area is 229 Å². The van der Waals surface area contributed by atoms with Crippen LogP contribution in [-0.2, 0) is 22.6 Å². The maximum Gasteiger partial charge on any atom is 0.222 e. The third-order valence-electron chi connectivity index (χ3n) is 7.56. The smallest absolute Gasteiger partial charge is 0.222 e. The number of para-hydroxylation sites is 1. The lowest BCUT2D eigenvalue weighted by molar-refractivity contribution is -0.132. The first kappa shape index (κ1) is 26.4. The monoisotopic (exact) mass is 524 g/mol. The maximum atomic E-state index is 13.2. The number of hydrogen-bond donors (Lipinski definition) is 2. The van der Waals surface area contributed by atoms with E-state index in [2.05, 4.69) is 74.4 Å². The molecule has 0 aliphatic carbocycles. The van der Waals surface area contributed by atoms with Gasteiger partial charge in [-0.3, -0.25) is 9.59 Å². The minimum absolute atomic E-state index is 0.0187. The van der Waals surface area contributed by atoms with Crippen molar-refractivity contribution in [3.05, 3.63) is 78.2 Å². The number of benzene rings is 2. The minimum atomic E-state index is -0.0187. The van der Waals surface area contributed by atoms with Crippen LogP contribution in [0.5, 0.6) is 0 Å². The summed E-state index contributed by atoms with van der Waals surface area (Å²) in [6, 6.07) is 19.0. The number of nitrogens with zero attached hydrogens (tertiary/aromatic N) is 4. The van der Waals surface area contributed by atoms with Gasteiger partial charge in [-0.25, -0.2) is 9.97 Å². The van der Waals surface area contributed by atoms with Gasteiger partial charge < -0.3 is 20.5 Å². The molecule has 1 saturated heterocycles. The number of rotatable bonds is 9. The fraction of sp³-hybridized carbons (Fsp3) is 0.355. The number of hydrogen-bond acceptors (Lipinski definition) is 5. The number of aromatic nitrogens is 3. The number of amides is 2. The van der Waals surface area contributed by atoms with E-state index >= 15 is 0 Å². The zero-order valence-corrected chi connectivity index (χ0v) is 22.5. The van der Waals surface area contributed by atoms with Crippen molar-refractivity contribution in [2.75, 3.05) is 25.4 Å². The van der Waals surface area contributed by atoms with Crippen molar-refractivity contribution in [2.24, 2.45) is 0 Å². The second-order valence-electron chi connectivity index (χ2n) is 10.3. The number of likely N-dealkylation sites (tertiary alicyclic amines) is 1. The Hall–Kier alpha value is -4.20. The van der Waals surface area contributed by atoms with Crippen LogP contribution in [0, 0.1) is 0 Å². The fourth-order valence-electron chi connectivity index (χ4n) is 5.56. The van der Waals surface area contributed by atoms with Gasteiger partial charge in [0.2, 0.25) is 17.8 Å². The van der Waals surface area contributed by atoms with E-state index in [4.69, 9.17) is 5.73 Å². The van der Waals surface area contributed by atoms with E-state index in [1.54, 1.807) is 19.3 Å². The molecule has 0 spiro atoms. The molecule has 1 atom stereocenters. The molecule has 2 aromatic carbocycles. The average molecular weight is 525 g/mol. The molecule has 0 bridgehead atoms. The molecule has 2 amide bonds. The highest BCUT2D eigenvalue weighted by molar-refractivity contribution is 5.82. The van der Waals surface area contributed by atoms with Crippen LogP contribution in [-0.4, -0.2) is 50.9 Å². The van der Waals surface area contributed by atoms with Gasteiger partial charge in [-0.1, -0.05) is 42.5 Å². The molecule has 1 aliphatic rings. The van der Waals surface area contributed by atoms with Gasteiger partial charge in [0.15, 0.2) is 0 Å². The molecule has 0 radical (unpaired) electrons. The molecule has 3 heterocycles. The highest BCUT2D eigenvalue weighted by Gasteiger charge is 2.27. The summed E-state index contributed by atoms with van der Waals surface area (Å²) in [6.45, 7) is 4.42. The van der Waals surface area contributed by atoms with Crippen LogP contribution in [0.25, 0.3) is 22.0 Å². The van der Waals surface area contributed by atoms with Crippen LogP contribution < -0.4 is 11.1 Å². The number of carbonyl (C=O) groups excluding carboxylic acids is 2. The van der Waals surface area contributed by atoms with Crippen LogP contribution in [0.15, 0.2) is 67.0 Å². The summed E-state index contributed by atoms with van der Waals surface area (Å²) >= 11 is 0. The molecule has 5 rings (SSSR count). The molecule has 1 fully saturated rings. The van der Waals surface area contributed by atoms with E-state index in [9.17, 15) is 9.59 Å². The third kappa shape index (κ3) is 6.45. The van der Waals surface area contributed by atoms with Crippen LogP contribution >= 0.6 is 0 Å². The first-order valence-electron chi connectivity index (χ1n) is 13.7. The van der Waals surface area contributed by atoms with Gasteiger partial charge in [0.1, 0.15) is 0 Å². The zero-order chi connectivity index (χ0) is 27.2. The lowest BCUT2D eigenvalue weighted by atomic mass is 9.94. The zero-order valence-electron chi connectivity index (χ0n) is 22.5. The summed E-state index contributed by atoms with van der Waals surface area (Å²) in [5, 5.41) is 4.12. The normalized spacial score (nSPS) is 15.4. The van der Waals surface area contributed by atoms with E-state index in [-0.39, 0.29) is 23.7 Å². The topological polar surface area (TPSA) is 106 Å². The summed E-state index contributed by atoms with van der Waals surface area (Å²) in [5.41, 5.74) is 11.2. The van der Waals surface area contributed by atoms with Crippen molar-refractivity contribution >= 4 is 28.7 Å². The first-order valence-corrected chi connectivity index (χ1v) is 13.7. The summed E-state index contributed by atoms with van der Waals surface area (Å²) < 4.78 is 2.32. The van der Waals surface area contributed by atoms with E-state index in [1.165, 1.54) is 22.2 Å². The highest BCUT2D eigenvalue weighted by Crippen LogP contribution is 2.32. The molecule has 8 nitrogen and oxygen atoms in total. The third-order valence-corrected chi connectivity index (χ3v) is 7.56. The summed E-state index contributed by atoms with van der Waals surface area (Å²) in [4.78, 5) is 34.8. The molecule has 2 aromatic heterocycles. The second-order valence-corrected chi connectivity index (χ2v) is 10.3. The van der Waals surface area contributed by atoms with Crippen molar-refractivity contribution in [1.82, 2.24) is 24.8 Å². The van der Waals surface area contributed by atoms with Crippen molar-refractivity contribution in [2.45, 2.75) is 51.5 Å². The highest BCUT2D eigenvalue weighted by atomic mass is 16.2. The van der Waals surface area contributed by atoms with Gasteiger partial charge in [-0.15, -0.1) is 0 Å². The van der Waals surface area contributed by atoms with Gasteiger partial charge in [0.25, 0.3) is 0 Å². The number of piperidine rings is 1. The van der Waals surface area contributed by atoms with Crippen molar-refractivity contribution in [3.8, 4) is 11.1 Å². The number of nitrogen functional groups attached to an aromatic ring is 1. The predicted molar refractivity (Wildman–Crippen MR) is 154 cm³/mol. The van der Waals surface area contributed by atoms with Crippen molar-refractivity contribution in [1.29, 1.82) is 0 Å². The van der Waals surface area contributed by atoms with Crippen LogP contribution in [0.3, 0.4) is 0 Å². The molecule has 1 unspecified atom stereocenters. The Morgan fingerprint density at radius 2 is 1.82 bits per heavy atom. The summed E-state index contributed by atoms with van der Waals surface area (Å²) in [7, 11) is 0. The average Bonchev–Trinajstić information content (AvgIpc) is 3.32.